The summed E-state index contributed by atoms with van der Waals surface area (Å²) in [5.74, 6) is -2.75. The highest BCUT2D eigenvalue weighted by Crippen LogP contribution is 2.62. The van der Waals surface area contributed by atoms with Crippen molar-refractivity contribution in [2.24, 2.45) is 58.0 Å². The van der Waals surface area contributed by atoms with Gasteiger partial charge in [-0.1, -0.05) is 104 Å². The second-order valence-electron chi connectivity index (χ2n) is 28.7. The minimum Gasteiger partial charge on any atom is -0.467 e. The van der Waals surface area contributed by atoms with E-state index in [1.54, 1.807) is 54.6 Å². The van der Waals surface area contributed by atoms with Crippen LogP contribution in [0.2, 0.25) is 0 Å². The maximum atomic E-state index is 16.0. The average molecular weight is 1270 g/mol. The summed E-state index contributed by atoms with van der Waals surface area (Å²) in [6, 6.07) is -1.29. The second kappa shape index (κ2) is 31.0. The Morgan fingerprint density at radius 2 is 1.25 bits per heavy atom. The van der Waals surface area contributed by atoms with Crippen molar-refractivity contribution >= 4 is 11.9 Å². The number of nitrogens with two attached hydrogens (primary N) is 1. The summed E-state index contributed by atoms with van der Waals surface area (Å²) in [6.07, 6.45) is -8.83. The van der Waals surface area contributed by atoms with Gasteiger partial charge in [-0.05, 0) is 76.5 Å². The summed E-state index contributed by atoms with van der Waals surface area (Å²) < 4.78 is 110. The maximum Gasteiger partial charge on any atom is 0.338 e. The summed E-state index contributed by atoms with van der Waals surface area (Å²) >= 11 is 0. The molecule has 30 atom stereocenters. The molecular formula is C68H124N2O19. The molecule has 0 spiro atoms. The number of nitrogens with zero attached hydrogens (tertiary/aromatic N) is 1. The van der Waals surface area contributed by atoms with Gasteiger partial charge in [0, 0.05) is 91.1 Å². The number of hydrogen-bond acceptors (Lipinski definition) is 20. The summed E-state index contributed by atoms with van der Waals surface area (Å²) in [5.41, 5.74) is 1.23. The molecule has 26 unspecified atom stereocenters. The van der Waals surface area contributed by atoms with Gasteiger partial charge in [-0.25, -0.2) is 4.79 Å². The van der Waals surface area contributed by atoms with E-state index in [-0.39, 0.29) is 67.2 Å². The minimum atomic E-state index is -1.81. The molecule has 1 amide bonds. The molecule has 3 N–H and O–H groups in total. The molecule has 21 nitrogen and oxygen atoms in total. The lowest BCUT2D eigenvalue weighted by molar-refractivity contribution is -0.358. The van der Waals surface area contributed by atoms with E-state index in [1.165, 1.54) is 14.0 Å². The number of likely N-dealkylation sites (N-methyl/N-ethyl adjacent to an activating group) is 1. The summed E-state index contributed by atoms with van der Waals surface area (Å²) in [4.78, 5) is 31.4. The molecule has 6 heterocycles. The highest BCUT2D eigenvalue weighted by atomic mass is 16.7. The molecule has 6 saturated heterocycles. The van der Waals surface area contributed by atoms with Crippen molar-refractivity contribution in [2.45, 2.75) is 309 Å². The Balaban J connectivity index is 1.66. The first-order valence-electron chi connectivity index (χ1n) is 33.7. The van der Waals surface area contributed by atoms with Gasteiger partial charge in [0.1, 0.15) is 36.6 Å². The Kier molecular flexibility index (Phi) is 26.6. The predicted octanol–water partition coefficient (Wildman–Crippen LogP) is 8.51. The number of amides is 1. The zero-order valence-corrected chi connectivity index (χ0v) is 59.6. The third kappa shape index (κ3) is 13.7. The van der Waals surface area contributed by atoms with E-state index in [0.29, 0.717) is 32.1 Å². The summed E-state index contributed by atoms with van der Waals surface area (Å²) in [5, 5.41) is 11.0. The molecule has 6 rings (SSSR count). The molecule has 4 bridgehead atoms. The fourth-order valence-electron chi connectivity index (χ4n) is 17.6. The van der Waals surface area contributed by atoms with Crippen LogP contribution in [0.3, 0.4) is 0 Å². The standard InChI is InChI=1S/C68H124N2O19/c1-27-43-38(10)52-48(69)59(81-43)66(17,35(5)6)64(15,87-51-41(13)55(77-23)61(84-46(51)30-4)85-50-40(12)54(76-22)60(72)82-45(50)29-3)31-32-65(16,88-53-39(11)44(28-2)83-62(86-52)58(53)79-25)67(18,36(7)8)68(63(73)80-26)33-37(9)49(70(19)42(14)71)57(89-68)56(78-24)47(75-21)34-74-20/h35-41,43-62,72H,27-34,69H2,1-26H3/t37?,38?,39?,40?,41?,43?,44?,45?,46?,47?,48?,49?,50?,51?,52?,53?,54?,55?,56?,57?,58?,59?,60?,61?,62?,64-,65-,66+,67+,68?/m0/s1. The molecule has 6 fully saturated rings. The maximum absolute atomic E-state index is 16.0. The first-order chi connectivity index (χ1) is 41.8. The Bertz CT molecular complexity index is 2240. The molecule has 0 aromatic carbocycles. The van der Waals surface area contributed by atoms with Gasteiger partial charge in [0.2, 0.25) is 5.91 Å². The van der Waals surface area contributed by atoms with Crippen molar-refractivity contribution in [1.82, 2.24) is 4.90 Å². The molecular weight excluding hydrogens is 1150 g/mol. The molecule has 520 valence electrons. The van der Waals surface area contributed by atoms with E-state index in [9.17, 15) is 9.90 Å². The highest BCUT2D eigenvalue weighted by molar-refractivity contribution is 5.82. The van der Waals surface area contributed by atoms with Crippen molar-refractivity contribution in [3.63, 3.8) is 0 Å². The summed E-state index contributed by atoms with van der Waals surface area (Å²) in [6.45, 7) is 37.8. The van der Waals surface area contributed by atoms with E-state index in [4.69, 9.17) is 81.5 Å². The Labute approximate surface area is 535 Å². The molecule has 0 saturated carbocycles. The molecule has 0 aromatic rings. The van der Waals surface area contributed by atoms with Gasteiger partial charge in [0.25, 0.3) is 0 Å². The molecule has 6 aliphatic rings. The van der Waals surface area contributed by atoms with E-state index < -0.39 is 156 Å². The smallest absolute Gasteiger partial charge is 0.338 e. The first-order valence-corrected chi connectivity index (χ1v) is 33.7. The van der Waals surface area contributed by atoms with Crippen LogP contribution in [0.4, 0.5) is 0 Å². The number of esters is 1. The fraction of sp³-hybridized carbons (Fsp3) is 0.971. The number of aliphatic hydroxyl groups is 1. The Morgan fingerprint density at radius 1 is 0.685 bits per heavy atom. The number of carbonyl (C=O) groups is 2. The van der Waals surface area contributed by atoms with Gasteiger partial charge >= 0.3 is 5.97 Å². The van der Waals surface area contributed by atoms with E-state index in [1.807, 2.05) is 13.8 Å². The number of rotatable bonds is 23. The van der Waals surface area contributed by atoms with Gasteiger partial charge in [-0.2, -0.15) is 0 Å². The van der Waals surface area contributed by atoms with E-state index in [2.05, 4.69) is 104 Å². The number of carbonyl (C=O) groups excluding carboxylic acids is 2. The van der Waals surface area contributed by atoms with E-state index in [0.717, 1.165) is 0 Å². The first kappa shape index (κ1) is 76.3. The Morgan fingerprint density at radius 3 is 1.75 bits per heavy atom. The van der Waals surface area contributed by atoms with Crippen LogP contribution in [0.1, 0.15) is 170 Å². The lowest BCUT2D eigenvalue weighted by Gasteiger charge is -2.64. The Hall–Kier alpha value is -1.74. The fourth-order valence-corrected chi connectivity index (χ4v) is 17.6. The van der Waals surface area contributed by atoms with Crippen molar-refractivity contribution in [1.29, 1.82) is 0 Å². The normalized spacial score (nSPS) is 45.6. The van der Waals surface area contributed by atoms with Gasteiger partial charge in [0.05, 0.1) is 91.9 Å². The van der Waals surface area contributed by atoms with Crippen LogP contribution < -0.4 is 5.73 Å². The number of ether oxygens (including phenoxy) is 16. The quantitative estimate of drug-likeness (QED) is 0.0913. The van der Waals surface area contributed by atoms with Gasteiger partial charge in [0.15, 0.2) is 24.5 Å². The van der Waals surface area contributed by atoms with Crippen molar-refractivity contribution in [2.75, 3.05) is 63.4 Å². The number of aliphatic hydroxyl groups excluding tert-OH is 1. The third-order valence-corrected chi connectivity index (χ3v) is 24.0. The topological polar surface area (TPSA) is 231 Å². The zero-order valence-electron chi connectivity index (χ0n) is 59.6. The third-order valence-electron chi connectivity index (χ3n) is 24.0. The van der Waals surface area contributed by atoms with Crippen molar-refractivity contribution in [3.8, 4) is 0 Å². The lowest BCUT2D eigenvalue weighted by atomic mass is 9.51. The van der Waals surface area contributed by atoms with Gasteiger partial charge < -0.3 is 91.5 Å². The molecule has 0 aromatic heterocycles. The molecule has 89 heavy (non-hydrogen) atoms. The average Bonchev–Trinajstić information content (AvgIpc) is 1.18. The van der Waals surface area contributed by atoms with Crippen LogP contribution in [-0.4, -0.2) is 225 Å². The largest absolute Gasteiger partial charge is 0.467 e. The van der Waals surface area contributed by atoms with Crippen LogP contribution in [0, 0.1) is 52.3 Å². The lowest BCUT2D eigenvalue weighted by Crippen LogP contribution is -2.75. The minimum absolute atomic E-state index is 0.124. The monoisotopic (exact) mass is 1270 g/mol. The number of hydrogen-bond donors (Lipinski definition) is 2. The van der Waals surface area contributed by atoms with Gasteiger partial charge in [-0.15, -0.1) is 0 Å². The SMILES string of the molecule is CCC1OC2C(N)C(OC3OC(CC)C(C)C(O[C@](C)([C@@](C)(C(C)C)C4(C(=O)OC)CC(C)C(N(C)C(C)=O)C(C(OC)C(COC)OC)O4)CC[C@](C)(OC4C(CC)OC(OC5C(CC)OC(O)C(OC)C5C)C(OC)C4C)[C@]2(C)C(C)C)C3OC)C1C. The molecule has 0 aliphatic carbocycles. The number of fused-ring (bicyclic) bond motifs is 4. The zero-order chi connectivity index (χ0) is 66.8. The number of methoxy groups -OCH3 is 7. The summed E-state index contributed by atoms with van der Waals surface area (Å²) in [7, 11) is 12.8. The van der Waals surface area contributed by atoms with Crippen LogP contribution in [-0.2, 0) is 85.4 Å². The highest BCUT2D eigenvalue weighted by Gasteiger charge is 2.72. The van der Waals surface area contributed by atoms with Crippen LogP contribution in [0.5, 0.6) is 0 Å². The van der Waals surface area contributed by atoms with Crippen LogP contribution >= 0.6 is 0 Å². The van der Waals surface area contributed by atoms with Gasteiger partial charge in [-0.3, -0.25) is 4.79 Å². The van der Waals surface area contributed by atoms with Crippen LogP contribution in [0.25, 0.3) is 0 Å². The second-order valence-corrected chi connectivity index (χ2v) is 28.7. The van der Waals surface area contributed by atoms with Crippen LogP contribution in [0.15, 0.2) is 0 Å². The molecule has 0 radical (unpaired) electrons. The molecule has 6 aliphatic heterocycles. The van der Waals surface area contributed by atoms with E-state index >= 15 is 4.79 Å². The predicted molar refractivity (Wildman–Crippen MR) is 336 cm³/mol. The van der Waals surface area contributed by atoms with Crippen molar-refractivity contribution in [3.05, 3.63) is 0 Å². The molecule has 21 heteroatoms. The van der Waals surface area contributed by atoms with Crippen molar-refractivity contribution < 1.29 is 90.5 Å².